The Morgan fingerprint density at radius 2 is 1.93 bits per heavy atom. The van der Waals surface area contributed by atoms with Crippen LogP contribution in [0.5, 0.6) is 0 Å². The lowest BCUT2D eigenvalue weighted by Crippen LogP contribution is -2.32. The smallest absolute Gasteiger partial charge is 0.134 e. The third-order valence-corrected chi connectivity index (χ3v) is 2.66. The first-order valence-corrected chi connectivity index (χ1v) is 5.19. The Balaban J connectivity index is 3.10. The van der Waals surface area contributed by atoms with Gasteiger partial charge in [0.25, 0.3) is 0 Å². The monoisotopic (exact) mass is 211 g/mol. The summed E-state index contributed by atoms with van der Waals surface area (Å²) < 4.78 is 13.2. The highest BCUT2D eigenvalue weighted by atomic mass is 19.1. The van der Waals surface area contributed by atoms with Gasteiger partial charge in [0.15, 0.2) is 0 Å². The third kappa shape index (κ3) is 2.53. The van der Waals surface area contributed by atoms with E-state index in [9.17, 15) is 9.50 Å². The number of nitrogens with zero attached hydrogens (tertiary/aromatic N) is 1. The largest absolute Gasteiger partial charge is 0.381 e. The van der Waals surface area contributed by atoms with Crippen LogP contribution in [0.15, 0.2) is 18.2 Å². The number of hydrogen-bond acceptors (Lipinski definition) is 2. The maximum atomic E-state index is 13.2. The molecule has 1 aromatic rings. The van der Waals surface area contributed by atoms with Crippen LogP contribution in [0, 0.1) is 0 Å². The van der Waals surface area contributed by atoms with Crippen molar-refractivity contribution >= 4 is 0 Å². The second kappa shape index (κ2) is 4.27. The molecule has 0 fully saturated rings. The van der Waals surface area contributed by atoms with E-state index < -0.39 is 11.8 Å². The van der Waals surface area contributed by atoms with Crippen LogP contribution in [0.1, 0.15) is 45.0 Å². The highest BCUT2D eigenvalue weighted by molar-refractivity contribution is 5.19. The number of hydrogen-bond donors (Lipinski definition) is 1. The molecule has 0 aromatic carbocycles. The zero-order valence-electron chi connectivity index (χ0n) is 9.66. The topological polar surface area (TPSA) is 33.1 Å². The number of halogens is 1. The van der Waals surface area contributed by atoms with Crippen molar-refractivity contribution in [3.63, 3.8) is 0 Å². The van der Waals surface area contributed by atoms with Gasteiger partial charge in [-0.3, -0.25) is 4.98 Å². The Morgan fingerprint density at radius 1 is 1.33 bits per heavy atom. The average Bonchev–Trinajstić information content (AvgIpc) is 2.17. The molecule has 0 saturated heterocycles. The van der Waals surface area contributed by atoms with Crippen molar-refractivity contribution in [3.05, 3.63) is 29.6 Å². The molecule has 1 heterocycles. The van der Waals surface area contributed by atoms with Crippen molar-refractivity contribution in [2.75, 3.05) is 0 Å². The molecule has 1 N–H and O–H groups in total. The van der Waals surface area contributed by atoms with Gasteiger partial charge in [-0.1, -0.05) is 19.9 Å². The Hall–Kier alpha value is -0.960. The van der Waals surface area contributed by atoms with E-state index in [2.05, 4.69) is 4.98 Å². The number of aromatic nitrogens is 1. The van der Waals surface area contributed by atoms with Gasteiger partial charge < -0.3 is 5.11 Å². The van der Waals surface area contributed by atoms with Gasteiger partial charge in [0.2, 0.25) is 0 Å². The molecule has 1 rings (SSSR count). The molecule has 0 bridgehead atoms. The standard InChI is InChI=1S/C12H18FNO/c1-8(2)10-6-5-7-11(14-10)12(4,15)9(3)13/h5-9,15H,1-4H3. The van der Waals surface area contributed by atoms with E-state index in [0.29, 0.717) is 5.69 Å². The number of alkyl halides is 1. The molecule has 2 unspecified atom stereocenters. The van der Waals surface area contributed by atoms with E-state index in [-0.39, 0.29) is 5.92 Å². The molecular weight excluding hydrogens is 193 g/mol. The van der Waals surface area contributed by atoms with Crippen LogP contribution in [0.3, 0.4) is 0 Å². The maximum absolute atomic E-state index is 13.2. The lowest BCUT2D eigenvalue weighted by molar-refractivity contribution is -0.0198. The fraction of sp³-hybridized carbons (Fsp3) is 0.583. The van der Waals surface area contributed by atoms with E-state index in [1.165, 1.54) is 13.8 Å². The second-order valence-electron chi connectivity index (χ2n) is 4.37. The minimum atomic E-state index is -1.51. The van der Waals surface area contributed by atoms with Crippen LogP contribution in [-0.2, 0) is 5.60 Å². The summed E-state index contributed by atoms with van der Waals surface area (Å²) in [7, 11) is 0. The van der Waals surface area contributed by atoms with E-state index in [4.69, 9.17) is 0 Å². The summed E-state index contributed by atoms with van der Waals surface area (Å²) >= 11 is 0. The molecule has 1 aromatic heterocycles. The van der Waals surface area contributed by atoms with E-state index >= 15 is 0 Å². The van der Waals surface area contributed by atoms with Gasteiger partial charge in [-0.25, -0.2) is 4.39 Å². The van der Waals surface area contributed by atoms with Crippen molar-refractivity contribution in [1.82, 2.24) is 4.98 Å². The second-order valence-corrected chi connectivity index (χ2v) is 4.37. The molecule has 0 saturated carbocycles. The molecule has 0 aliphatic carbocycles. The third-order valence-electron chi connectivity index (χ3n) is 2.66. The summed E-state index contributed by atoms with van der Waals surface area (Å²) in [4.78, 5) is 4.28. The molecule has 0 amide bonds. The maximum Gasteiger partial charge on any atom is 0.134 e. The Labute approximate surface area is 90.2 Å². The summed E-state index contributed by atoms with van der Waals surface area (Å²) in [5.41, 5.74) is -0.248. The first kappa shape index (κ1) is 12.1. The zero-order chi connectivity index (χ0) is 11.6. The lowest BCUT2D eigenvalue weighted by Gasteiger charge is -2.24. The summed E-state index contributed by atoms with van der Waals surface area (Å²) in [5.74, 6) is 0.274. The molecule has 84 valence electrons. The first-order chi connectivity index (χ1) is 6.85. The molecule has 2 atom stereocenters. The Bertz CT molecular complexity index is 334. The fourth-order valence-corrected chi connectivity index (χ4v) is 1.26. The normalized spacial score (nSPS) is 17.5. The minimum Gasteiger partial charge on any atom is -0.381 e. The van der Waals surface area contributed by atoms with Gasteiger partial charge in [0.1, 0.15) is 11.8 Å². The molecule has 0 aliphatic heterocycles. The number of aliphatic hydroxyl groups is 1. The van der Waals surface area contributed by atoms with Crippen molar-refractivity contribution < 1.29 is 9.50 Å². The molecule has 0 radical (unpaired) electrons. The van der Waals surface area contributed by atoms with Crippen LogP contribution >= 0.6 is 0 Å². The van der Waals surface area contributed by atoms with E-state index in [0.717, 1.165) is 5.69 Å². The van der Waals surface area contributed by atoms with Crippen LogP contribution in [0.4, 0.5) is 4.39 Å². The molecule has 2 nitrogen and oxygen atoms in total. The fourth-order valence-electron chi connectivity index (χ4n) is 1.26. The van der Waals surface area contributed by atoms with Crippen molar-refractivity contribution in [3.8, 4) is 0 Å². The summed E-state index contributed by atoms with van der Waals surface area (Å²) in [5, 5.41) is 9.93. The first-order valence-electron chi connectivity index (χ1n) is 5.19. The predicted octanol–water partition coefficient (Wildman–Crippen LogP) is 2.77. The number of pyridine rings is 1. The van der Waals surface area contributed by atoms with Crippen LogP contribution in [0.2, 0.25) is 0 Å². The zero-order valence-corrected chi connectivity index (χ0v) is 9.66. The molecule has 3 heteroatoms. The highest BCUT2D eigenvalue weighted by Gasteiger charge is 2.32. The van der Waals surface area contributed by atoms with Crippen LogP contribution in [0.25, 0.3) is 0 Å². The van der Waals surface area contributed by atoms with Gasteiger partial charge >= 0.3 is 0 Å². The molecule has 0 spiro atoms. The van der Waals surface area contributed by atoms with E-state index in [1.807, 2.05) is 19.9 Å². The van der Waals surface area contributed by atoms with Gasteiger partial charge in [0.05, 0.1) is 5.69 Å². The van der Waals surface area contributed by atoms with Gasteiger partial charge in [-0.2, -0.15) is 0 Å². The summed E-state index contributed by atoms with van der Waals surface area (Å²) in [6.07, 6.45) is -1.34. The van der Waals surface area contributed by atoms with E-state index in [1.54, 1.807) is 12.1 Å². The van der Waals surface area contributed by atoms with Gasteiger partial charge in [-0.15, -0.1) is 0 Å². The van der Waals surface area contributed by atoms with Crippen molar-refractivity contribution in [2.24, 2.45) is 0 Å². The minimum absolute atomic E-state index is 0.274. The summed E-state index contributed by atoms with van der Waals surface area (Å²) in [6, 6.07) is 5.34. The Morgan fingerprint density at radius 3 is 2.40 bits per heavy atom. The SMILES string of the molecule is CC(C)c1cccc(C(C)(O)C(C)F)n1. The van der Waals surface area contributed by atoms with Crippen LogP contribution in [-0.4, -0.2) is 16.3 Å². The van der Waals surface area contributed by atoms with Gasteiger partial charge in [-0.05, 0) is 31.9 Å². The van der Waals surface area contributed by atoms with Crippen LogP contribution < -0.4 is 0 Å². The molecule has 0 aliphatic rings. The van der Waals surface area contributed by atoms with Crippen molar-refractivity contribution in [1.29, 1.82) is 0 Å². The lowest BCUT2D eigenvalue weighted by atomic mass is 9.96. The predicted molar refractivity (Wildman–Crippen MR) is 58.5 cm³/mol. The van der Waals surface area contributed by atoms with Gasteiger partial charge in [0, 0.05) is 5.69 Å². The average molecular weight is 211 g/mol. The molecular formula is C12H18FNO. The highest BCUT2D eigenvalue weighted by Crippen LogP contribution is 2.26. The Kier molecular flexibility index (Phi) is 3.45. The summed E-state index contributed by atoms with van der Waals surface area (Å²) in [6.45, 7) is 6.81. The quantitative estimate of drug-likeness (QED) is 0.834. The van der Waals surface area contributed by atoms with Crippen molar-refractivity contribution in [2.45, 2.75) is 45.4 Å². The number of rotatable bonds is 3. The molecule has 15 heavy (non-hydrogen) atoms.